The van der Waals surface area contributed by atoms with Crippen LogP contribution in [0.25, 0.3) is 10.2 Å². The molecule has 0 spiro atoms. The first-order valence-corrected chi connectivity index (χ1v) is 10.7. The van der Waals surface area contributed by atoms with Gasteiger partial charge in [-0.3, -0.25) is 4.79 Å². The van der Waals surface area contributed by atoms with Crippen molar-refractivity contribution in [2.45, 2.75) is 52.4 Å². The third-order valence-corrected chi connectivity index (χ3v) is 6.66. The van der Waals surface area contributed by atoms with Gasteiger partial charge in [0.1, 0.15) is 9.71 Å². The van der Waals surface area contributed by atoms with Crippen LogP contribution in [0.15, 0.2) is 30.3 Å². The van der Waals surface area contributed by atoms with Gasteiger partial charge in [0.2, 0.25) is 0 Å². The lowest BCUT2D eigenvalue weighted by atomic mass is 9.87. The van der Waals surface area contributed by atoms with Crippen LogP contribution < -0.4 is 11.1 Å². The zero-order valence-electron chi connectivity index (χ0n) is 16.9. The van der Waals surface area contributed by atoms with Crippen molar-refractivity contribution in [2.75, 3.05) is 11.1 Å². The Morgan fingerprint density at radius 1 is 1.25 bits per heavy atom. The van der Waals surface area contributed by atoms with Crippen molar-refractivity contribution < 1.29 is 4.79 Å². The van der Waals surface area contributed by atoms with Crippen molar-refractivity contribution >= 4 is 38.8 Å². The van der Waals surface area contributed by atoms with Gasteiger partial charge in [0.15, 0.2) is 0 Å². The molecule has 0 saturated heterocycles. The van der Waals surface area contributed by atoms with E-state index in [9.17, 15) is 4.79 Å². The second-order valence-electron chi connectivity index (χ2n) is 8.92. The molecule has 0 saturated carbocycles. The first-order valence-electron chi connectivity index (χ1n) is 9.85. The Hall–Kier alpha value is -2.40. The highest BCUT2D eigenvalue weighted by Gasteiger charge is 2.22. The predicted molar refractivity (Wildman–Crippen MR) is 118 cm³/mol. The molecule has 3 N–H and O–H groups in total. The summed E-state index contributed by atoms with van der Waals surface area (Å²) in [5.41, 5.74) is 11.4. The fourth-order valence-electron chi connectivity index (χ4n) is 3.78. The van der Waals surface area contributed by atoms with Gasteiger partial charge in [0.05, 0.1) is 5.69 Å². The molecule has 2 heterocycles. The lowest BCUT2D eigenvalue weighted by Gasteiger charge is -2.20. The number of benzene rings is 1. The minimum absolute atomic E-state index is 0.0841. The van der Waals surface area contributed by atoms with Crippen LogP contribution in [0.5, 0.6) is 0 Å². The number of rotatable bonds is 2. The maximum absolute atomic E-state index is 12.9. The quantitative estimate of drug-likeness (QED) is 0.599. The molecule has 0 fully saturated rings. The highest BCUT2D eigenvalue weighted by atomic mass is 32.1. The van der Waals surface area contributed by atoms with Gasteiger partial charge in [-0.05, 0) is 59.9 Å². The molecule has 146 valence electrons. The van der Waals surface area contributed by atoms with E-state index in [-0.39, 0.29) is 11.3 Å². The fraction of sp³-hybridized carbons (Fsp3) is 0.391. The SMILES string of the molecule is CC1CCc2nc3sc(C(=O)Nc4ccc(C(C)(C)C)cc4)c(N)c3cc2C1. The topological polar surface area (TPSA) is 68.0 Å². The summed E-state index contributed by atoms with van der Waals surface area (Å²) >= 11 is 1.38. The number of nitrogens with one attached hydrogen (secondary N) is 1. The monoisotopic (exact) mass is 393 g/mol. The number of aromatic nitrogens is 1. The molecule has 0 radical (unpaired) electrons. The van der Waals surface area contributed by atoms with Crippen LogP contribution in [-0.2, 0) is 18.3 Å². The Morgan fingerprint density at radius 3 is 2.64 bits per heavy atom. The van der Waals surface area contributed by atoms with E-state index in [1.54, 1.807) is 0 Å². The van der Waals surface area contributed by atoms with Gasteiger partial charge in [-0.15, -0.1) is 11.3 Å². The third-order valence-electron chi connectivity index (χ3n) is 5.55. The Labute approximate surface area is 170 Å². The smallest absolute Gasteiger partial charge is 0.267 e. The number of hydrogen-bond acceptors (Lipinski definition) is 4. The van der Waals surface area contributed by atoms with Crippen molar-refractivity contribution in [3.05, 3.63) is 52.0 Å². The van der Waals surface area contributed by atoms with Gasteiger partial charge in [0, 0.05) is 16.8 Å². The minimum atomic E-state index is -0.171. The lowest BCUT2D eigenvalue weighted by molar-refractivity contribution is 0.103. The van der Waals surface area contributed by atoms with Crippen LogP contribution >= 0.6 is 11.3 Å². The molecule has 28 heavy (non-hydrogen) atoms. The lowest BCUT2D eigenvalue weighted by Crippen LogP contribution is -2.13. The van der Waals surface area contributed by atoms with E-state index in [2.05, 4.69) is 51.2 Å². The zero-order chi connectivity index (χ0) is 20.1. The number of thiophene rings is 1. The molecule has 1 aliphatic carbocycles. The largest absolute Gasteiger partial charge is 0.397 e. The van der Waals surface area contributed by atoms with Gasteiger partial charge < -0.3 is 11.1 Å². The number of anilines is 2. The van der Waals surface area contributed by atoms with Crippen LogP contribution in [0.3, 0.4) is 0 Å². The standard InChI is InChI=1S/C23H27N3OS/c1-13-5-10-18-14(11-13)12-17-19(24)20(28-22(17)26-18)21(27)25-16-8-6-15(7-9-16)23(2,3)4/h6-9,12-13H,5,10-11,24H2,1-4H3,(H,25,27). The summed E-state index contributed by atoms with van der Waals surface area (Å²) in [6.07, 6.45) is 3.21. The van der Waals surface area contributed by atoms with E-state index in [0.717, 1.165) is 34.4 Å². The normalized spacial score (nSPS) is 16.8. The molecule has 0 bridgehead atoms. The van der Waals surface area contributed by atoms with Gasteiger partial charge in [-0.2, -0.15) is 0 Å². The molecule has 1 amide bonds. The molecule has 4 rings (SSSR count). The number of aryl methyl sites for hydroxylation is 1. The molecular formula is C23H27N3OS. The number of hydrogen-bond donors (Lipinski definition) is 2. The summed E-state index contributed by atoms with van der Waals surface area (Å²) in [4.78, 5) is 19.1. The maximum Gasteiger partial charge on any atom is 0.267 e. The number of nitrogens with two attached hydrogens (primary N) is 1. The molecule has 4 nitrogen and oxygen atoms in total. The number of amides is 1. The van der Waals surface area contributed by atoms with E-state index in [0.29, 0.717) is 16.5 Å². The van der Waals surface area contributed by atoms with Gasteiger partial charge in [-0.25, -0.2) is 4.98 Å². The summed E-state index contributed by atoms with van der Waals surface area (Å²) in [6, 6.07) is 10.1. The molecule has 3 aromatic rings. The average Bonchev–Trinajstić information content (AvgIpc) is 2.96. The van der Waals surface area contributed by atoms with Crippen molar-refractivity contribution in [3.8, 4) is 0 Å². The second-order valence-corrected chi connectivity index (χ2v) is 9.92. The first-order chi connectivity index (χ1) is 13.2. The van der Waals surface area contributed by atoms with E-state index in [4.69, 9.17) is 10.7 Å². The van der Waals surface area contributed by atoms with Gasteiger partial charge in [0.25, 0.3) is 5.91 Å². The molecule has 2 aromatic heterocycles. The molecule has 0 aliphatic heterocycles. The predicted octanol–water partition coefficient (Wildman–Crippen LogP) is 5.55. The van der Waals surface area contributed by atoms with Crippen LogP contribution in [0.1, 0.15) is 60.6 Å². The van der Waals surface area contributed by atoms with Crippen LogP contribution in [0.4, 0.5) is 11.4 Å². The highest BCUT2D eigenvalue weighted by molar-refractivity contribution is 7.21. The van der Waals surface area contributed by atoms with E-state index < -0.39 is 0 Å². The van der Waals surface area contributed by atoms with Crippen molar-refractivity contribution in [1.29, 1.82) is 0 Å². The van der Waals surface area contributed by atoms with Crippen LogP contribution in [0.2, 0.25) is 0 Å². The molecule has 1 atom stereocenters. The maximum atomic E-state index is 12.9. The number of nitrogen functional groups attached to an aromatic ring is 1. The molecule has 5 heteroatoms. The van der Waals surface area contributed by atoms with Gasteiger partial charge in [-0.1, -0.05) is 39.8 Å². The van der Waals surface area contributed by atoms with E-state index in [1.807, 2.05) is 12.1 Å². The van der Waals surface area contributed by atoms with Crippen molar-refractivity contribution in [1.82, 2.24) is 4.98 Å². The Kier molecular flexibility index (Phi) is 4.66. The van der Waals surface area contributed by atoms with Crippen molar-refractivity contribution in [3.63, 3.8) is 0 Å². The summed E-state index contributed by atoms with van der Waals surface area (Å²) in [6.45, 7) is 8.79. The first kappa shape index (κ1) is 18.9. The number of carbonyl (C=O) groups excluding carboxylic acids is 1. The average molecular weight is 394 g/mol. The van der Waals surface area contributed by atoms with Crippen molar-refractivity contribution in [2.24, 2.45) is 5.92 Å². The molecule has 1 unspecified atom stereocenters. The van der Waals surface area contributed by atoms with E-state index >= 15 is 0 Å². The summed E-state index contributed by atoms with van der Waals surface area (Å²) in [7, 11) is 0. The van der Waals surface area contributed by atoms with Crippen LogP contribution in [-0.4, -0.2) is 10.9 Å². The highest BCUT2D eigenvalue weighted by Crippen LogP contribution is 2.36. The summed E-state index contributed by atoms with van der Waals surface area (Å²) < 4.78 is 0. The third kappa shape index (κ3) is 3.51. The zero-order valence-corrected chi connectivity index (χ0v) is 17.7. The van der Waals surface area contributed by atoms with Gasteiger partial charge >= 0.3 is 0 Å². The number of nitrogens with zero attached hydrogens (tertiary/aromatic N) is 1. The minimum Gasteiger partial charge on any atom is -0.397 e. The Morgan fingerprint density at radius 2 is 1.96 bits per heavy atom. The Bertz CT molecular complexity index is 1040. The Balaban J connectivity index is 1.61. The molecule has 1 aromatic carbocycles. The van der Waals surface area contributed by atoms with Crippen LogP contribution in [0, 0.1) is 5.92 Å². The molecular weight excluding hydrogens is 366 g/mol. The summed E-state index contributed by atoms with van der Waals surface area (Å²) in [5, 5.41) is 3.89. The number of fused-ring (bicyclic) bond motifs is 2. The second kappa shape index (κ2) is 6.89. The number of carbonyl (C=O) groups is 1. The van der Waals surface area contributed by atoms with E-state index in [1.165, 1.54) is 28.9 Å². The fourth-order valence-corrected chi connectivity index (χ4v) is 4.77. The summed E-state index contributed by atoms with van der Waals surface area (Å²) in [5.74, 6) is 0.501. The molecule has 1 aliphatic rings. The number of pyridine rings is 1.